The number of allylic oxidation sites excluding steroid dienone is 2. The van der Waals surface area contributed by atoms with Gasteiger partial charge in [0.2, 0.25) is 11.8 Å². The molecule has 3 atom stereocenters. The summed E-state index contributed by atoms with van der Waals surface area (Å²) in [5, 5.41) is 9.85. The number of ether oxygens (including phenoxy) is 1. The van der Waals surface area contributed by atoms with Crippen LogP contribution in [0.1, 0.15) is 81.1 Å². The van der Waals surface area contributed by atoms with Gasteiger partial charge in [0.05, 0.1) is 19.2 Å². The van der Waals surface area contributed by atoms with Crippen molar-refractivity contribution >= 4 is 17.4 Å². The van der Waals surface area contributed by atoms with Gasteiger partial charge in [0.25, 0.3) is 5.91 Å². The summed E-state index contributed by atoms with van der Waals surface area (Å²) in [4.78, 5) is 34.8. The van der Waals surface area contributed by atoms with Gasteiger partial charge in [-0.15, -0.1) is 0 Å². The highest BCUT2D eigenvalue weighted by Gasteiger charge is 2.35. The molecule has 1 N–H and O–H groups in total. The molecule has 2 heterocycles. The minimum Gasteiger partial charge on any atom is -0.472 e. The van der Waals surface area contributed by atoms with E-state index >= 15 is 0 Å². The smallest absolute Gasteiger partial charge is 0.259 e. The number of hydrogen-bond acceptors (Lipinski definition) is 5. The van der Waals surface area contributed by atoms with Crippen LogP contribution in [0.2, 0.25) is 0 Å². The van der Waals surface area contributed by atoms with E-state index < -0.39 is 0 Å². The second-order valence-corrected chi connectivity index (χ2v) is 10.4. The van der Waals surface area contributed by atoms with Crippen LogP contribution in [-0.2, 0) is 4.79 Å². The summed E-state index contributed by atoms with van der Waals surface area (Å²) in [5.74, 6) is 0.402. The predicted molar refractivity (Wildman–Crippen MR) is 131 cm³/mol. The fraction of sp³-hybridized carbons (Fsp3) is 0.667. The fourth-order valence-electron chi connectivity index (χ4n) is 5.45. The van der Waals surface area contributed by atoms with E-state index in [1.807, 2.05) is 27.0 Å². The molecule has 1 saturated carbocycles. The van der Waals surface area contributed by atoms with Crippen molar-refractivity contribution < 1.29 is 19.4 Å². The molecule has 1 aromatic heterocycles. The third kappa shape index (κ3) is 5.29. The van der Waals surface area contributed by atoms with Crippen molar-refractivity contribution in [3.63, 3.8) is 0 Å². The SMILES string of the molecule is C[C@@H]1CN([C@H](C)CO)C(=O)c2cc(C3=CCCC3)cnc2O[C@@H]1CN(C)C(=O)C1CCCCC1. The number of aliphatic hydroxyl groups excluding tert-OH is 1. The monoisotopic (exact) mass is 469 g/mol. The highest BCUT2D eigenvalue weighted by Crippen LogP contribution is 2.33. The second-order valence-electron chi connectivity index (χ2n) is 10.4. The van der Waals surface area contributed by atoms with Crippen molar-refractivity contribution in [1.82, 2.24) is 14.8 Å². The van der Waals surface area contributed by atoms with E-state index in [0.29, 0.717) is 24.5 Å². The average Bonchev–Trinajstić information content (AvgIpc) is 3.40. The summed E-state index contributed by atoms with van der Waals surface area (Å²) in [6.45, 7) is 4.68. The number of pyridine rings is 1. The number of carbonyl (C=O) groups excluding carboxylic acids is 2. The first-order valence-electron chi connectivity index (χ1n) is 12.9. The number of amides is 2. The Bertz CT molecular complexity index is 924. The molecule has 34 heavy (non-hydrogen) atoms. The van der Waals surface area contributed by atoms with Crippen LogP contribution in [0.25, 0.3) is 5.57 Å². The lowest BCUT2D eigenvalue weighted by Crippen LogP contribution is -2.51. The minimum atomic E-state index is -0.322. The molecule has 7 nitrogen and oxygen atoms in total. The first-order chi connectivity index (χ1) is 16.4. The van der Waals surface area contributed by atoms with Crippen LogP contribution in [0.15, 0.2) is 18.3 Å². The maximum absolute atomic E-state index is 13.6. The summed E-state index contributed by atoms with van der Waals surface area (Å²) in [6.07, 6.45) is 12.2. The van der Waals surface area contributed by atoms with E-state index in [2.05, 4.69) is 11.1 Å². The standard InChI is InChI=1S/C27H39N3O4/c1-18-15-30(19(2)17-31)27(33)23-13-22(20-9-7-8-10-20)14-28-25(23)34-24(18)16-29(3)26(32)21-11-5-4-6-12-21/h9,13-14,18-19,21,24,31H,4-8,10-12,15-17H2,1-3H3/t18-,19-,24-/m1/s1. The fourth-order valence-corrected chi connectivity index (χ4v) is 5.45. The van der Waals surface area contributed by atoms with Crippen molar-refractivity contribution in [2.45, 2.75) is 77.4 Å². The molecule has 4 rings (SSSR count). The molecule has 1 aromatic rings. The van der Waals surface area contributed by atoms with Crippen molar-refractivity contribution in [3.8, 4) is 5.88 Å². The van der Waals surface area contributed by atoms with Crippen LogP contribution in [-0.4, -0.2) is 70.6 Å². The van der Waals surface area contributed by atoms with E-state index in [1.54, 1.807) is 16.0 Å². The molecule has 1 aliphatic heterocycles. The number of nitrogens with zero attached hydrogens (tertiary/aromatic N) is 3. The third-order valence-electron chi connectivity index (χ3n) is 7.72. The first kappa shape index (κ1) is 24.7. The van der Waals surface area contributed by atoms with Gasteiger partial charge in [-0.3, -0.25) is 9.59 Å². The van der Waals surface area contributed by atoms with Gasteiger partial charge in [-0.05, 0) is 56.2 Å². The Hall–Kier alpha value is -2.41. The van der Waals surface area contributed by atoms with Crippen LogP contribution in [0.4, 0.5) is 0 Å². The zero-order valence-corrected chi connectivity index (χ0v) is 20.8. The Morgan fingerprint density at radius 3 is 2.74 bits per heavy atom. The average molecular weight is 470 g/mol. The zero-order valence-electron chi connectivity index (χ0n) is 20.8. The Kier molecular flexibility index (Phi) is 7.91. The molecule has 186 valence electrons. The van der Waals surface area contributed by atoms with Crippen molar-refractivity contribution in [2.75, 3.05) is 26.7 Å². The number of aromatic nitrogens is 1. The van der Waals surface area contributed by atoms with Crippen LogP contribution in [0.3, 0.4) is 0 Å². The van der Waals surface area contributed by atoms with Gasteiger partial charge >= 0.3 is 0 Å². The summed E-state index contributed by atoms with van der Waals surface area (Å²) >= 11 is 0. The lowest BCUT2D eigenvalue weighted by molar-refractivity contribution is -0.136. The summed E-state index contributed by atoms with van der Waals surface area (Å²) in [5.41, 5.74) is 2.61. The molecule has 2 amide bonds. The van der Waals surface area contributed by atoms with Crippen LogP contribution >= 0.6 is 0 Å². The molecular weight excluding hydrogens is 430 g/mol. The van der Waals surface area contributed by atoms with Crippen molar-refractivity contribution in [3.05, 3.63) is 29.5 Å². The molecule has 0 bridgehead atoms. The van der Waals surface area contributed by atoms with Gasteiger partial charge in [0, 0.05) is 31.6 Å². The molecular formula is C27H39N3O4. The molecule has 0 aromatic carbocycles. The Morgan fingerprint density at radius 2 is 2.06 bits per heavy atom. The number of fused-ring (bicyclic) bond motifs is 1. The first-order valence-corrected chi connectivity index (χ1v) is 12.9. The highest BCUT2D eigenvalue weighted by molar-refractivity contribution is 5.97. The maximum atomic E-state index is 13.6. The largest absolute Gasteiger partial charge is 0.472 e. The number of rotatable bonds is 6. The topological polar surface area (TPSA) is 83.0 Å². The Morgan fingerprint density at radius 1 is 1.29 bits per heavy atom. The molecule has 3 aliphatic rings. The van der Waals surface area contributed by atoms with E-state index in [-0.39, 0.29) is 42.4 Å². The summed E-state index contributed by atoms with van der Waals surface area (Å²) in [7, 11) is 1.86. The van der Waals surface area contributed by atoms with E-state index in [4.69, 9.17) is 4.74 Å². The Labute approximate surface area is 203 Å². The number of carbonyl (C=O) groups is 2. The van der Waals surface area contributed by atoms with E-state index in [1.165, 1.54) is 12.0 Å². The van der Waals surface area contributed by atoms with Gasteiger partial charge in [-0.25, -0.2) is 4.98 Å². The summed E-state index contributed by atoms with van der Waals surface area (Å²) in [6, 6.07) is 1.57. The number of hydrogen-bond donors (Lipinski definition) is 1. The van der Waals surface area contributed by atoms with Crippen molar-refractivity contribution in [2.24, 2.45) is 11.8 Å². The quantitative estimate of drug-likeness (QED) is 0.683. The summed E-state index contributed by atoms with van der Waals surface area (Å²) < 4.78 is 6.37. The van der Waals surface area contributed by atoms with Crippen LogP contribution in [0.5, 0.6) is 5.88 Å². The molecule has 7 heteroatoms. The molecule has 0 unspecified atom stereocenters. The van der Waals surface area contributed by atoms with Gasteiger partial charge in [-0.2, -0.15) is 0 Å². The van der Waals surface area contributed by atoms with Crippen LogP contribution < -0.4 is 4.74 Å². The minimum absolute atomic E-state index is 0.0354. The van der Waals surface area contributed by atoms with Gasteiger partial charge in [-0.1, -0.05) is 32.3 Å². The molecule has 0 spiro atoms. The number of likely N-dealkylation sites (N-methyl/N-ethyl adjacent to an activating group) is 1. The third-order valence-corrected chi connectivity index (χ3v) is 7.72. The maximum Gasteiger partial charge on any atom is 0.259 e. The second kappa shape index (κ2) is 10.9. The Balaban J connectivity index is 1.61. The number of aliphatic hydroxyl groups is 1. The molecule has 0 radical (unpaired) electrons. The molecule has 0 saturated heterocycles. The normalized spacial score (nSPS) is 24.5. The lowest BCUT2D eigenvalue weighted by Gasteiger charge is -2.38. The van der Waals surface area contributed by atoms with Gasteiger partial charge in [0.15, 0.2) is 0 Å². The van der Waals surface area contributed by atoms with Crippen LogP contribution in [0, 0.1) is 11.8 Å². The molecule has 1 fully saturated rings. The molecule has 2 aliphatic carbocycles. The lowest BCUT2D eigenvalue weighted by atomic mass is 9.88. The highest BCUT2D eigenvalue weighted by atomic mass is 16.5. The predicted octanol–water partition coefficient (Wildman–Crippen LogP) is 3.91. The van der Waals surface area contributed by atoms with Gasteiger partial charge in [0.1, 0.15) is 11.7 Å². The van der Waals surface area contributed by atoms with E-state index in [9.17, 15) is 14.7 Å². The van der Waals surface area contributed by atoms with Crippen molar-refractivity contribution in [1.29, 1.82) is 0 Å². The van der Waals surface area contributed by atoms with E-state index in [0.717, 1.165) is 50.5 Å². The zero-order chi connectivity index (χ0) is 24.2. The van der Waals surface area contributed by atoms with Gasteiger partial charge < -0.3 is 19.6 Å².